The van der Waals surface area contributed by atoms with Crippen molar-refractivity contribution in [1.82, 2.24) is 0 Å². The fourth-order valence-corrected chi connectivity index (χ4v) is 3.63. The molecule has 2 rings (SSSR count). The van der Waals surface area contributed by atoms with Crippen LogP contribution in [0, 0.1) is 5.92 Å². The first kappa shape index (κ1) is 17.0. The molecule has 0 amide bonds. The van der Waals surface area contributed by atoms with Gasteiger partial charge < -0.3 is 9.47 Å². The molecule has 21 heavy (non-hydrogen) atoms. The zero-order valence-corrected chi connectivity index (χ0v) is 13.7. The topological polar surface area (TPSA) is 35.5 Å². The Labute approximate surface area is 129 Å². The number of rotatable bonds is 9. The molecule has 2 aliphatic heterocycles. The van der Waals surface area contributed by atoms with E-state index in [2.05, 4.69) is 6.92 Å². The number of carbonyl (C=O) groups is 1. The third-order valence-electron chi connectivity index (χ3n) is 5.04. The normalized spacial score (nSPS) is 29.1. The lowest BCUT2D eigenvalue weighted by Crippen LogP contribution is -2.42. The van der Waals surface area contributed by atoms with Gasteiger partial charge in [0.1, 0.15) is 5.78 Å². The minimum Gasteiger partial charge on any atom is -0.378 e. The molecule has 3 nitrogen and oxygen atoms in total. The van der Waals surface area contributed by atoms with Gasteiger partial charge in [0, 0.05) is 32.0 Å². The number of ether oxygens (including phenoxy) is 2. The molecule has 2 saturated heterocycles. The maximum Gasteiger partial charge on any atom is 0.136 e. The highest BCUT2D eigenvalue weighted by molar-refractivity contribution is 5.81. The van der Waals surface area contributed by atoms with E-state index in [0.717, 1.165) is 45.3 Å². The Balaban J connectivity index is 1.59. The molecule has 2 fully saturated rings. The van der Waals surface area contributed by atoms with Crippen LogP contribution >= 0.6 is 0 Å². The van der Waals surface area contributed by atoms with E-state index >= 15 is 0 Å². The lowest BCUT2D eigenvalue weighted by atomic mass is 9.82. The number of ketones is 1. The van der Waals surface area contributed by atoms with Crippen molar-refractivity contribution in [3.8, 4) is 0 Å². The second kappa shape index (κ2) is 8.89. The number of hydrogen-bond acceptors (Lipinski definition) is 3. The summed E-state index contributed by atoms with van der Waals surface area (Å²) in [7, 11) is 0. The van der Waals surface area contributed by atoms with Crippen LogP contribution in [0.2, 0.25) is 0 Å². The van der Waals surface area contributed by atoms with Crippen molar-refractivity contribution < 1.29 is 14.3 Å². The second-order valence-electron chi connectivity index (χ2n) is 6.86. The molecule has 122 valence electrons. The zero-order chi connectivity index (χ0) is 15.0. The van der Waals surface area contributed by atoms with Crippen LogP contribution in [-0.2, 0) is 14.3 Å². The predicted octanol–water partition coefficient (Wildman–Crippen LogP) is 4.28. The molecule has 2 unspecified atom stereocenters. The van der Waals surface area contributed by atoms with Crippen LogP contribution in [0.1, 0.15) is 77.6 Å². The summed E-state index contributed by atoms with van der Waals surface area (Å²) >= 11 is 0. The molecule has 0 radical (unpaired) electrons. The molecular formula is C18H32O3. The van der Waals surface area contributed by atoms with Gasteiger partial charge in [-0.2, -0.15) is 0 Å². The number of carbonyl (C=O) groups excluding carboxylic acids is 1. The Bertz CT molecular complexity index is 308. The summed E-state index contributed by atoms with van der Waals surface area (Å²) in [6.45, 7) is 4.46. The van der Waals surface area contributed by atoms with Crippen LogP contribution in [-0.4, -0.2) is 31.2 Å². The van der Waals surface area contributed by atoms with Gasteiger partial charge in [-0.25, -0.2) is 0 Å². The predicted molar refractivity (Wildman–Crippen MR) is 84.5 cm³/mol. The molecule has 1 spiro atoms. The van der Waals surface area contributed by atoms with Gasteiger partial charge in [0.05, 0.1) is 12.2 Å². The van der Waals surface area contributed by atoms with Crippen molar-refractivity contribution in [1.29, 1.82) is 0 Å². The van der Waals surface area contributed by atoms with Crippen LogP contribution in [0.3, 0.4) is 0 Å². The van der Waals surface area contributed by atoms with Crippen molar-refractivity contribution in [2.24, 2.45) is 5.92 Å². The van der Waals surface area contributed by atoms with Gasteiger partial charge in [0.25, 0.3) is 0 Å². The van der Waals surface area contributed by atoms with Crippen molar-refractivity contribution in [3.63, 3.8) is 0 Å². The quantitative estimate of drug-likeness (QED) is 0.596. The van der Waals surface area contributed by atoms with Gasteiger partial charge in [-0.15, -0.1) is 0 Å². The molecule has 2 heterocycles. The summed E-state index contributed by atoms with van der Waals surface area (Å²) in [6.07, 6.45) is 12.5. The average Bonchev–Trinajstić information content (AvgIpc) is 2.94. The van der Waals surface area contributed by atoms with Crippen LogP contribution in [0.4, 0.5) is 0 Å². The Kier molecular flexibility index (Phi) is 7.18. The Morgan fingerprint density at radius 3 is 2.57 bits per heavy atom. The van der Waals surface area contributed by atoms with Crippen molar-refractivity contribution in [2.75, 3.05) is 19.8 Å². The molecule has 0 bridgehead atoms. The molecule has 0 aromatic carbocycles. The van der Waals surface area contributed by atoms with E-state index in [1.54, 1.807) is 0 Å². The molecule has 2 atom stereocenters. The Morgan fingerprint density at radius 1 is 1.10 bits per heavy atom. The first-order valence-corrected chi connectivity index (χ1v) is 9.00. The molecular weight excluding hydrogens is 264 g/mol. The third kappa shape index (κ3) is 5.37. The zero-order valence-electron chi connectivity index (χ0n) is 13.7. The van der Waals surface area contributed by atoms with E-state index in [1.807, 2.05) is 0 Å². The number of hydrogen-bond donors (Lipinski definition) is 0. The van der Waals surface area contributed by atoms with Gasteiger partial charge >= 0.3 is 0 Å². The van der Waals surface area contributed by atoms with Crippen LogP contribution in [0.15, 0.2) is 0 Å². The molecule has 0 aromatic rings. The smallest absolute Gasteiger partial charge is 0.136 e. The van der Waals surface area contributed by atoms with E-state index in [4.69, 9.17) is 9.47 Å². The number of unbranched alkanes of at least 4 members (excludes halogenated alkanes) is 6. The standard InChI is InChI=1S/C18H32O3/c1-2-3-4-5-6-7-8-9-17(19)16-10-12-21-18(14-16)11-13-20-15-18/h16H,2-15H2,1H3. The fraction of sp³-hybridized carbons (Fsp3) is 0.944. The van der Waals surface area contributed by atoms with Gasteiger partial charge in [-0.1, -0.05) is 45.4 Å². The number of Topliss-reactive ketones (excluding diaryl/α,β-unsaturated/α-hetero) is 1. The van der Waals surface area contributed by atoms with Crippen LogP contribution in [0.25, 0.3) is 0 Å². The summed E-state index contributed by atoms with van der Waals surface area (Å²) in [5, 5.41) is 0. The van der Waals surface area contributed by atoms with E-state index in [-0.39, 0.29) is 11.5 Å². The highest BCUT2D eigenvalue weighted by Gasteiger charge is 2.42. The maximum absolute atomic E-state index is 12.4. The first-order chi connectivity index (χ1) is 10.3. The summed E-state index contributed by atoms with van der Waals surface area (Å²) in [5.41, 5.74) is -0.126. The van der Waals surface area contributed by atoms with Gasteiger partial charge in [0.15, 0.2) is 0 Å². The van der Waals surface area contributed by atoms with Crippen molar-refractivity contribution >= 4 is 5.78 Å². The first-order valence-electron chi connectivity index (χ1n) is 9.00. The Hall–Kier alpha value is -0.410. The van der Waals surface area contributed by atoms with Crippen molar-refractivity contribution in [2.45, 2.75) is 83.2 Å². The monoisotopic (exact) mass is 296 g/mol. The molecule has 0 aliphatic carbocycles. The van der Waals surface area contributed by atoms with Crippen LogP contribution < -0.4 is 0 Å². The molecule has 0 saturated carbocycles. The highest BCUT2D eigenvalue weighted by Crippen LogP contribution is 2.36. The molecule has 0 aromatic heterocycles. The van der Waals surface area contributed by atoms with Crippen molar-refractivity contribution in [3.05, 3.63) is 0 Å². The lowest BCUT2D eigenvalue weighted by molar-refractivity contribution is -0.137. The third-order valence-corrected chi connectivity index (χ3v) is 5.04. The Morgan fingerprint density at radius 2 is 1.86 bits per heavy atom. The lowest BCUT2D eigenvalue weighted by Gasteiger charge is -2.36. The summed E-state index contributed by atoms with van der Waals surface area (Å²) in [4.78, 5) is 12.4. The van der Waals surface area contributed by atoms with Crippen LogP contribution in [0.5, 0.6) is 0 Å². The van der Waals surface area contributed by atoms with Gasteiger partial charge in [-0.3, -0.25) is 4.79 Å². The summed E-state index contributed by atoms with van der Waals surface area (Å²) < 4.78 is 11.4. The van der Waals surface area contributed by atoms with E-state index in [9.17, 15) is 4.79 Å². The van der Waals surface area contributed by atoms with E-state index in [0.29, 0.717) is 12.4 Å². The summed E-state index contributed by atoms with van der Waals surface area (Å²) in [5.74, 6) is 0.693. The minimum atomic E-state index is -0.126. The highest BCUT2D eigenvalue weighted by atomic mass is 16.6. The summed E-state index contributed by atoms with van der Waals surface area (Å²) in [6, 6.07) is 0. The minimum absolute atomic E-state index is 0.126. The molecule has 3 heteroatoms. The molecule has 2 aliphatic rings. The van der Waals surface area contributed by atoms with E-state index in [1.165, 1.54) is 38.5 Å². The van der Waals surface area contributed by atoms with Gasteiger partial charge in [-0.05, 0) is 19.3 Å². The SMILES string of the molecule is CCCCCCCCCC(=O)C1CCOC2(CCOC2)C1. The molecule has 0 N–H and O–H groups in total. The largest absolute Gasteiger partial charge is 0.378 e. The van der Waals surface area contributed by atoms with Gasteiger partial charge in [0.2, 0.25) is 0 Å². The maximum atomic E-state index is 12.4. The average molecular weight is 296 g/mol. The fourth-order valence-electron chi connectivity index (χ4n) is 3.63. The van der Waals surface area contributed by atoms with E-state index < -0.39 is 0 Å². The second-order valence-corrected chi connectivity index (χ2v) is 6.86.